The average molecular weight is 379 g/mol. The van der Waals surface area contributed by atoms with Gasteiger partial charge >= 0.3 is 0 Å². The smallest absolute Gasteiger partial charge is 0.271 e. The lowest BCUT2D eigenvalue weighted by Crippen LogP contribution is -2.45. The normalized spacial score (nSPS) is 15.4. The highest BCUT2D eigenvalue weighted by atomic mass is 19.1. The van der Waals surface area contributed by atoms with Gasteiger partial charge in [-0.2, -0.15) is 5.10 Å². The van der Waals surface area contributed by atoms with Crippen LogP contribution in [0.4, 0.5) is 10.1 Å². The standard InChI is InChI=1S/C23H26FN3O/c1-6-27-21-10-15(2)18(12-20(21)16(3)13-23(27,4)5)14-25-26-22(28)17-8-7-9-19(24)11-17/h7-14H,6H2,1-5H3,(H,26,28)/b25-14-. The van der Waals surface area contributed by atoms with Gasteiger partial charge in [0, 0.05) is 23.4 Å². The molecule has 0 unspecified atom stereocenters. The molecule has 0 atom stereocenters. The second kappa shape index (κ2) is 7.58. The first-order chi connectivity index (χ1) is 13.2. The summed E-state index contributed by atoms with van der Waals surface area (Å²) in [6, 6.07) is 9.81. The van der Waals surface area contributed by atoms with Crippen molar-refractivity contribution in [3.63, 3.8) is 0 Å². The lowest BCUT2D eigenvalue weighted by Gasteiger charge is -2.43. The van der Waals surface area contributed by atoms with E-state index in [1.807, 2.05) is 6.92 Å². The number of allylic oxidation sites excluding steroid dienone is 1. The zero-order valence-electron chi connectivity index (χ0n) is 17.0. The summed E-state index contributed by atoms with van der Waals surface area (Å²) < 4.78 is 13.3. The summed E-state index contributed by atoms with van der Waals surface area (Å²) in [5.41, 5.74) is 8.28. The Morgan fingerprint density at radius 3 is 2.68 bits per heavy atom. The number of nitrogens with one attached hydrogen (secondary N) is 1. The van der Waals surface area contributed by atoms with E-state index in [0.29, 0.717) is 0 Å². The third kappa shape index (κ3) is 3.84. The van der Waals surface area contributed by atoms with Gasteiger partial charge in [-0.15, -0.1) is 0 Å². The SMILES string of the molecule is CCN1c2cc(C)c(/C=N\NC(=O)c3cccc(F)c3)cc2C(C)=CC1(C)C. The number of benzene rings is 2. The molecule has 0 saturated carbocycles. The highest BCUT2D eigenvalue weighted by molar-refractivity contribution is 5.95. The molecule has 0 bridgehead atoms. The number of likely N-dealkylation sites (N-methyl/N-ethyl adjacent to an activating group) is 1. The van der Waals surface area contributed by atoms with Gasteiger partial charge in [-0.25, -0.2) is 9.82 Å². The van der Waals surface area contributed by atoms with Crippen molar-refractivity contribution < 1.29 is 9.18 Å². The Hall–Kier alpha value is -2.95. The first kappa shape index (κ1) is 19.8. The minimum atomic E-state index is -0.451. The molecular formula is C23H26FN3O. The number of rotatable bonds is 4. The van der Waals surface area contributed by atoms with Gasteiger partial charge in [0.15, 0.2) is 0 Å². The number of carbonyl (C=O) groups is 1. The van der Waals surface area contributed by atoms with Crippen molar-refractivity contribution >= 4 is 23.4 Å². The van der Waals surface area contributed by atoms with Gasteiger partial charge in [-0.05, 0) is 81.7 Å². The van der Waals surface area contributed by atoms with Gasteiger partial charge in [0.1, 0.15) is 5.82 Å². The van der Waals surface area contributed by atoms with Gasteiger partial charge in [-0.3, -0.25) is 4.79 Å². The molecule has 3 rings (SSSR count). The molecule has 0 saturated heterocycles. The molecule has 2 aromatic rings. The third-order valence-electron chi connectivity index (χ3n) is 5.14. The number of nitrogens with zero attached hydrogens (tertiary/aromatic N) is 2. The Balaban J connectivity index is 1.85. The summed E-state index contributed by atoms with van der Waals surface area (Å²) in [6.07, 6.45) is 3.91. The summed E-state index contributed by atoms with van der Waals surface area (Å²) in [4.78, 5) is 14.5. The number of hydrogen-bond acceptors (Lipinski definition) is 3. The van der Waals surface area contributed by atoms with Gasteiger partial charge in [-0.1, -0.05) is 12.1 Å². The predicted molar refractivity (Wildman–Crippen MR) is 113 cm³/mol. The largest absolute Gasteiger partial charge is 0.363 e. The van der Waals surface area contributed by atoms with Crippen LogP contribution in [0.3, 0.4) is 0 Å². The van der Waals surface area contributed by atoms with E-state index in [0.717, 1.165) is 17.7 Å². The maximum atomic E-state index is 13.3. The monoisotopic (exact) mass is 379 g/mol. The maximum absolute atomic E-state index is 13.3. The predicted octanol–water partition coefficient (Wildman–Crippen LogP) is 4.92. The van der Waals surface area contributed by atoms with Gasteiger partial charge in [0.25, 0.3) is 5.91 Å². The Morgan fingerprint density at radius 2 is 2.00 bits per heavy atom. The van der Waals surface area contributed by atoms with Gasteiger partial charge in [0.2, 0.25) is 0 Å². The molecule has 1 heterocycles. The van der Waals surface area contributed by atoms with E-state index in [1.165, 1.54) is 35.0 Å². The molecule has 4 nitrogen and oxygen atoms in total. The van der Waals surface area contributed by atoms with Crippen LogP contribution in [-0.2, 0) is 0 Å². The topological polar surface area (TPSA) is 44.7 Å². The molecule has 0 aliphatic carbocycles. The van der Waals surface area contributed by atoms with Crippen molar-refractivity contribution in [2.45, 2.75) is 40.2 Å². The van der Waals surface area contributed by atoms with E-state index in [2.05, 4.69) is 61.3 Å². The molecule has 1 N–H and O–H groups in total. The fraction of sp³-hybridized carbons (Fsp3) is 0.304. The van der Waals surface area contributed by atoms with Crippen LogP contribution in [0.2, 0.25) is 0 Å². The van der Waals surface area contributed by atoms with Crippen molar-refractivity contribution in [3.05, 3.63) is 70.5 Å². The number of amides is 1. The highest BCUT2D eigenvalue weighted by Crippen LogP contribution is 2.39. The second-order valence-electron chi connectivity index (χ2n) is 7.66. The van der Waals surface area contributed by atoms with Crippen LogP contribution < -0.4 is 10.3 Å². The number of hydrazone groups is 1. The Bertz CT molecular complexity index is 976. The highest BCUT2D eigenvalue weighted by Gasteiger charge is 2.30. The van der Waals surface area contributed by atoms with Gasteiger partial charge in [0.05, 0.1) is 11.8 Å². The van der Waals surface area contributed by atoms with Crippen LogP contribution in [-0.4, -0.2) is 24.2 Å². The summed E-state index contributed by atoms with van der Waals surface area (Å²) in [6.45, 7) is 11.7. The molecule has 1 aliphatic rings. The first-order valence-corrected chi connectivity index (χ1v) is 9.44. The van der Waals surface area contributed by atoms with Crippen LogP contribution in [0.5, 0.6) is 0 Å². The molecule has 146 valence electrons. The zero-order valence-corrected chi connectivity index (χ0v) is 17.0. The van der Waals surface area contributed by atoms with Crippen molar-refractivity contribution in [3.8, 4) is 0 Å². The van der Waals surface area contributed by atoms with E-state index in [-0.39, 0.29) is 11.1 Å². The van der Waals surface area contributed by atoms with Crippen molar-refractivity contribution in [1.82, 2.24) is 5.43 Å². The number of halogens is 1. The molecule has 2 aromatic carbocycles. The molecule has 0 spiro atoms. The van der Waals surface area contributed by atoms with Crippen LogP contribution >= 0.6 is 0 Å². The van der Waals surface area contributed by atoms with E-state index < -0.39 is 11.7 Å². The Labute approximate surface area is 165 Å². The molecule has 28 heavy (non-hydrogen) atoms. The average Bonchev–Trinajstić information content (AvgIpc) is 2.62. The summed E-state index contributed by atoms with van der Waals surface area (Å²) in [5.74, 6) is -0.894. The Kier molecular flexibility index (Phi) is 5.36. The van der Waals surface area contributed by atoms with Crippen LogP contribution in [0.15, 0.2) is 47.6 Å². The van der Waals surface area contributed by atoms with Crippen molar-refractivity contribution in [2.75, 3.05) is 11.4 Å². The van der Waals surface area contributed by atoms with Crippen molar-refractivity contribution in [1.29, 1.82) is 0 Å². The van der Waals surface area contributed by atoms with Gasteiger partial charge < -0.3 is 4.90 Å². The molecular weight excluding hydrogens is 353 g/mol. The third-order valence-corrected chi connectivity index (χ3v) is 5.14. The van der Waals surface area contributed by atoms with Crippen molar-refractivity contribution in [2.24, 2.45) is 5.10 Å². The molecule has 0 fully saturated rings. The number of hydrogen-bond donors (Lipinski definition) is 1. The lowest BCUT2D eigenvalue weighted by atomic mass is 9.87. The minimum absolute atomic E-state index is 0.0349. The number of anilines is 1. The van der Waals surface area contributed by atoms with Crippen LogP contribution in [0, 0.1) is 12.7 Å². The van der Waals surface area contributed by atoms with Crippen LogP contribution in [0.1, 0.15) is 54.7 Å². The van der Waals surface area contributed by atoms with E-state index in [9.17, 15) is 9.18 Å². The zero-order chi connectivity index (χ0) is 20.5. The Morgan fingerprint density at radius 1 is 1.25 bits per heavy atom. The minimum Gasteiger partial charge on any atom is -0.363 e. The number of aryl methyl sites for hydroxylation is 1. The van der Waals surface area contributed by atoms with E-state index in [1.54, 1.807) is 12.3 Å². The summed E-state index contributed by atoms with van der Waals surface area (Å²) in [5, 5.41) is 4.07. The molecule has 5 heteroatoms. The maximum Gasteiger partial charge on any atom is 0.271 e. The first-order valence-electron chi connectivity index (χ1n) is 9.44. The summed E-state index contributed by atoms with van der Waals surface area (Å²) in [7, 11) is 0. The fourth-order valence-corrected chi connectivity index (χ4v) is 3.82. The molecule has 1 aliphatic heterocycles. The number of carbonyl (C=O) groups excluding carboxylic acids is 1. The molecule has 0 radical (unpaired) electrons. The van der Waals surface area contributed by atoms with E-state index in [4.69, 9.17) is 0 Å². The quantitative estimate of drug-likeness (QED) is 0.605. The van der Waals surface area contributed by atoms with Crippen LogP contribution in [0.25, 0.3) is 5.57 Å². The van der Waals surface area contributed by atoms with E-state index >= 15 is 0 Å². The fourth-order valence-electron chi connectivity index (χ4n) is 3.82. The molecule has 0 aromatic heterocycles. The molecule has 1 amide bonds. The summed E-state index contributed by atoms with van der Waals surface area (Å²) >= 11 is 0. The number of fused-ring (bicyclic) bond motifs is 1. The lowest BCUT2D eigenvalue weighted by molar-refractivity contribution is 0.0954. The second-order valence-corrected chi connectivity index (χ2v) is 7.66.